The SMILES string of the molecule is CCO/N=C(/C)c1c(Cl)ccc(C(=O)c2c[nH]n(C)c2=O)c1Cl. The number of hydrogen-bond acceptors (Lipinski definition) is 4. The van der Waals surface area contributed by atoms with Crippen LogP contribution in [0.15, 0.2) is 28.3 Å². The number of aromatic amines is 1. The first kappa shape index (κ1) is 17.3. The first-order valence-electron chi connectivity index (χ1n) is 6.82. The molecule has 1 aromatic carbocycles. The summed E-state index contributed by atoms with van der Waals surface area (Å²) in [6.45, 7) is 3.86. The summed E-state index contributed by atoms with van der Waals surface area (Å²) in [5.74, 6) is -0.487. The van der Waals surface area contributed by atoms with Crippen LogP contribution in [0.1, 0.15) is 35.3 Å². The summed E-state index contributed by atoms with van der Waals surface area (Å²) < 4.78 is 1.21. The summed E-state index contributed by atoms with van der Waals surface area (Å²) in [5, 5.41) is 7.02. The minimum Gasteiger partial charge on any atom is -0.396 e. The number of aromatic nitrogens is 2. The number of nitrogens with zero attached hydrogens (tertiary/aromatic N) is 2. The second-order valence-electron chi connectivity index (χ2n) is 4.76. The van der Waals surface area contributed by atoms with E-state index in [9.17, 15) is 9.59 Å². The predicted octanol–water partition coefficient (Wildman–Crippen LogP) is 3.01. The summed E-state index contributed by atoms with van der Waals surface area (Å²) in [5.41, 5.74) is 0.594. The van der Waals surface area contributed by atoms with Gasteiger partial charge in [-0.15, -0.1) is 0 Å². The normalized spacial score (nSPS) is 11.6. The third kappa shape index (κ3) is 3.33. The fraction of sp³-hybridized carbons (Fsp3) is 0.267. The van der Waals surface area contributed by atoms with E-state index in [0.717, 1.165) is 0 Å². The number of carbonyl (C=O) groups excluding carboxylic acids is 1. The van der Waals surface area contributed by atoms with Gasteiger partial charge in [-0.3, -0.25) is 14.3 Å². The van der Waals surface area contributed by atoms with E-state index in [2.05, 4.69) is 10.3 Å². The van der Waals surface area contributed by atoms with E-state index < -0.39 is 11.3 Å². The second-order valence-corrected chi connectivity index (χ2v) is 5.54. The molecular weight excluding hydrogens is 341 g/mol. The van der Waals surface area contributed by atoms with E-state index in [4.69, 9.17) is 28.0 Å². The molecule has 6 nitrogen and oxygen atoms in total. The maximum atomic E-state index is 12.6. The Labute approximate surface area is 142 Å². The Morgan fingerprint density at radius 2 is 2.04 bits per heavy atom. The summed E-state index contributed by atoms with van der Waals surface area (Å²) in [4.78, 5) is 29.5. The van der Waals surface area contributed by atoms with Gasteiger partial charge < -0.3 is 9.94 Å². The number of carbonyl (C=O) groups is 1. The van der Waals surface area contributed by atoms with Gasteiger partial charge in [0.15, 0.2) is 0 Å². The quantitative estimate of drug-likeness (QED) is 0.508. The van der Waals surface area contributed by atoms with Gasteiger partial charge in [0.2, 0.25) is 5.78 Å². The molecule has 0 bridgehead atoms. The zero-order valence-electron chi connectivity index (χ0n) is 12.8. The standard InChI is InChI=1S/C15H15Cl2N3O3/c1-4-23-19-8(2)12-11(16)6-5-9(13(12)17)14(21)10-7-18-20(3)15(10)22/h5-7,18H,4H2,1-3H3/b19-8-. The van der Waals surface area contributed by atoms with Crippen LogP contribution < -0.4 is 5.56 Å². The van der Waals surface area contributed by atoms with E-state index in [1.165, 1.54) is 30.1 Å². The van der Waals surface area contributed by atoms with Gasteiger partial charge in [-0.2, -0.15) is 0 Å². The van der Waals surface area contributed by atoms with E-state index in [0.29, 0.717) is 22.9 Å². The van der Waals surface area contributed by atoms with E-state index in [-0.39, 0.29) is 16.1 Å². The number of H-pyrrole nitrogens is 1. The summed E-state index contributed by atoms with van der Waals surface area (Å²) >= 11 is 12.5. The Morgan fingerprint density at radius 3 is 2.61 bits per heavy atom. The Morgan fingerprint density at radius 1 is 1.35 bits per heavy atom. The molecule has 1 aromatic heterocycles. The highest BCUT2D eigenvalue weighted by Crippen LogP contribution is 2.30. The number of hydrogen-bond donors (Lipinski definition) is 1. The van der Waals surface area contributed by atoms with E-state index in [1.807, 2.05) is 0 Å². The van der Waals surface area contributed by atoms with Crippen molar-refractivity contribution < 1.29 is 9.63 Å². The number of ketones is 1. The van der Waals surface area contributed by atoms with Gasteiger partial charge in [-0.25, -0.2) is 0 Å². The molecule has 0 unspecified atom stereocenters. The molecule has 1 N–H and O–H groups in total. The van der Waals surface area contributed by atoms with Crippen molar-refractivity contribution in [2.24, 2.45) is 12.2 Å². The highest BCUT2D eigenvalue weighted by Gasteiger charge is 2.22. The minimum atomic E-state index is -0.487. The molecule has 1 heterocycles. The van der Waals surface area contributed by atoms with Gasteiger partial charge in [0, 0.05) is 24.4 Å². The van der Waals surface area contributed by atoms with E-state index >= 15 is 0 Å². The minimum absolute atomic E-state index is 0.00192. The smallest absolute Gasteiger partial charge is 0.277 e. The largest absolute Gasteiger partial charge is 0.396 e. The van der Waals surface area contributed by atoms with Crippen molar-refractivity contribution in [3.63, 3.8) is 0 Å². The van der Waals surface area contributed by atoms with Crippen LogP contribution in [-0.2, 0) is 11.9 Å². The van der Waals surface area contributed by atoms with Crippen LogP contribution >= 0.6 is 23.2 Å². The number of aryl methyl sites for hydroxylation is 1. The molecule has 0 amide bonds. The zero-order chi connectivity index (χ0) is 17.1. The molecule has 0 radical (unpaired) electrons. The van der Waals surface area contributed by atoms with Crippen LogP contribution in [0.3, 0.4) is 0 Å². The molecule has 0 aliphatic rings. The third-order valence-corrected chi connectivity index (χ3v) is 3.92. The van der Waals surface area contributed by atoms with Gasteiger partial charge in [-0.05, 0) is 26.0 Å². The van der Waals surface area contributed by atoms with Crippen LogP contribution in [0, 0.1) is 0 Å². The fourth-order valence-corrected chi connectivity index (χ4v) is 2.77. The maximum Gasteiger partial charge on any atom is 0.277 e. The molecule has 0 aliphatic heterocycles. The lowest BCUT2D eigenvalue weighted by molar-refractivity contribution is 0.103. The lowest BCUT2D eigenvalue weighted by Gasteiger charge is -2.10. The van der Waals surface area contributed by atoms with Gasteiger partial charge in [-0.1, -0.05) is 28.4 Å². The molecule has 8 heteroatoms. The van der Waals surface area contributed by atoms with E-state index in [1.54, 1.807) is 13.8 Å². The summed E-state index contributed by atoms with van der Waals surface area (Å²) in [6, 6.07) is 3.02. The molecule has 23 heavy (non-hydrogen) atoms. The average molecular weight is 356 g/mol. The Bertz CT molecular complexity index is 837. The van der Waals surface area contributed by atoms with Gasteiger partial charge in [0.1, 0.15) is 12.2 Å². The summed E-state index contributed by atoms with van der Waals surface area (Å²) in [6.07, 6.45) is 1.34. The third-order valence-electron chi connectivity index (χ3n) is 3.21. The molecule has 0 saturated carbocycles. The zero-order valence-corrected chi connectivity index (χ0v) is 14.3. The molecular formula is C15H15Cl2N3O3. The van der Waals surface area contributed by atoms with Crippen molar-refractivity contribution in [1.29, 1.82) is 0 Å². The molecule has 0 atom stereocenters. The van der Waals surface area contributed by atoms with Crippen molar-refractivity contribution in [2.75, 3.05) is 6.61 Å². The maximum absolute atomic E-state index is 12.6. The molecule has 2 aromatic rings. The average Bonchev–Trinajstić information content (AvgIpc) is 2.84. The molecule has 0 fully saturated rings. The lowest BCUT2D eigenvalue weighted by Crippen LogP contribution is -2.19. The molecule has 122 valence electrons. The van der Waals surface area contributed by atoms with Crippen LogP contribution in [0.25, 0.3) is 0 Å². The predicted molar refractivity (Wildman–Crippen MR) is 89.8 cm³/mol. The Kier molecular flexibility index (Phi) is 5.28. The van der Waals surface area contributed by atoms with Crippen molar-refractivity contribution in [3.05, 3.63) is 55.4 Å². The molecule has 0 spiro atoms. The molecule has 0 aliphatic carbocycles. The van der Waals surface area contributed by atoms with Crippen LogP contribution in [0.5, 0.6) is 0 Å². The van der Waals surface area contributed by atoms with Crippen molar-refractivity contribution in [2.45, 2.75) is 13.8 Å². The van der Waals surface area contributed by atoms with Crippen molar-refractivity contribution in [1.82, 2.24) is 9.78 Å². The number of halogens is 2. The second kappa shape index (κ2) is 7.02. The first-order valence-corrected chi connectivity index (χ1v) is 7.58. The van der Waals surface area contributed by atoms with Gasteiger partial charge in [0.05, 0.1) is 15.8 Å². The fourth-order valence-electron chi connectivity index (χ4n) is 2.04. The number of oxime groups is 1. The van der Waals surface area contributed by atoms with Crippen molar-refractivity contribution >= 4 is 34.7 Å². The monoisotopic (exact) mass is 355 g/mol. The van der Waals surface area contributed by atoms with Gasteiger partial charge in [0.25, 0.3) is 5.56 Å². The van der Waals surface area contributed by atoms with Crippen LogP contribution in [-0.4, -0.2) is 27.9 Å². The number of nitrogens with one attached hydrogen (secondary N) is 1. The first-order chi connectivity index (χ1) is 10.9. The highest BCUT2D eigenvalue weighted by molar-refractivity contribution is 6.42. The van der Waals surface area contributed by atoms with Crippen LogP contribution in [0.4, 0.5) is 0 Å². The van der Waals surface area contributed by atoms with Crippen LogP contribution in [0.2, 0.25) is 10.0 Å². The number of rotatable bonds is 5. The molecule has 2 rings (SSSR count). The number of benzene rings is 1. The topological polar surface area (TPSA) is 76.4 Å². The van der Waals surface area contributed by atoms with Crippen molar-refractivity contribution in [3.8, 4) is 0 Å². The lowest BCUT2D eigenvalue weighted by atomic mass is 10.0. The summed E-state index contributed by atoms with van der Waals surface area (Å²) in [7, 11) is 1.52. The van der Waals surface area contributed by atoms with Gasteiger partial charge >= 0.3 is 0 Å². The highest BCUT2D eigenvalue weighted by atomic mass is 35.5. The Balaban J connectivity index is 2.55. The molecule has 0 saturated heterocycles. The Hall–Kier alpha value is -2.05.